The molecule has 0 radical (unpaired) electrons. The van der Waals surface area contributed by atoms with Gasteiger partial charge in [-0.25, -0.2) is 0 Å². The maximum Gasteiger partial charge on any atom is 0.228 e. The van der Waals surface area contributed by atoms with Gasteiger partial charge in [0.25, 0.3) is 0 Å². The van der Waals surface area contributed by atoms with Crippen molar-refractivity contribution in [1.29, 1.82) is 0 Å². The largest absolute Gasteiger partial charge is 0.315 e. The van der Waals surface area contributed by atoms with Crippen LogP contribution in [0.2, 0.25) is 0 Å². The predicted molar refractivity (Wildman–Crippen MR) is 83.0 cm³/mol. The molecule has 4 nitrogen and oxygen atoms in total. The number of benzene rings is 1. The number of fused-ring (bicyclic) bond motifs is 1. The standard InChI is InChI=1S/C16H25N3O/c1-12(9-10-18(2)3)17-14-11-16(20)19(4)15-8-6-5-7-13(14)15/h5-8,12,14,17H,9-11H2,1-4H3. The lowest BCUT2D eigenvalue weighted by atomic mass is 9.95. The average molecular weight is 275 g/mol. The smallest absolute Gasteiger partial charge is 0.228 e. The highest BCUT2D eigenvalue weighted by Crippen LogP contribution is 2.33. The number of nitrogens with one attached hydrogen (secondary N) is 1. The highest BCUT2D eigenvalue weighted by molar-refractivity contribution is 5.96. The van der Waals surface area contributed by atoms with Crippen LogP contribution in [0, 0.1) is 0 Å². The zero-order valence-electron chi connectivity index (χ0n) is 12.9. The molecule has 1 aliphatic rings. The van der Waals surface area contributed by atoms with Crippen molar-refractivity contribution in [3.05, 3.63) is 29.8 Å². The number of nitrogens with zero attached hydrogens (tertiary/aromatic N) is 2. The summed E-state index contributed by atoms with van der Waals surface area (Å²) in [6.07, 6.45) is 1.62. The normalized spacial score (nSPS) is 20.1. The van der Waals surface area contributed by atoms with E-state index >= 15 is 0 Å². The molecule has 20 heavy (non-hydrogen) atoms. The molecule has 2 unspecified atom stereocenters. The Morgan fingerprint density at radius 3 is 2.80 bits per heavy atom. The van der Waals surface area contributed by atoms with E-state index in [-0.39, 0.29) is 11.9 Å². The van der Waals surface area contributed by atoms with E-state index in [1.54, 1.807) is 4.90 Å². The van der Waals surface area contributed by atoms with Gasteiger partial charge >= 0.3 is 0 Å². The van der Waals surface area contributed by atoms with Crippen molar-refractivity contribution in [2.75, 3.05) is 32.6 Å². The lowest BCUT2D eigenvalue weighted by Gasteiger charge is -2.33. The van der Waals surface area contributed by atoms with E-state index in [0.717, 1.165) is 18.7 Å². The molecule has 0 bridgehead atoms. The zero-order chi connectivity index (χ0) is 14.7. The van der Waals surface area contributed by atoms with Gasteiger partial charge in [-0.2, -0.15) is 0 Å². The molecule has 0 fully saturated rings. The third-order valence-corrected chi connectivity index (χ3v) is 3.92. The summed E-state index contributed by atoms with van der Waals surface area (Å²) in [6, 6.07) is 8.70. The maximum atomic E-state index is 12.1. The van der Waals surface area contributed by atoms with Crippen LogP contribution in [-0.4, -0.2) is 44.5 Å². The van der Waals surface area contributed by atoms with Gasteiger partial charge in [0, 0.05) is 31.2 Å². The molecule has 0 aromatic heterocycles. The summed E-state index contributed by atoms with van der Waals surface area (Å²) < 4.78 is 0. The quantitative estimate of drug-likeness (QED) is 0.893. The number of amides is 1. The van der Waals surface area contributed by atoms with Crippen LogP contribution in [0.15, 0.2) is 24.3 Å². The minimum atomic E-state index is 0.132. The molecule has 1 aromatic rings. The molecule has 110 valence electrons. The van der Waals surface area contributed by atoms with Crippen LogP contribution in [0.1, 0.15) is 31.4 Å². The lowest BCUT2D eigenvalue weighted by molar-refractivity contribution is -0.119. The number of carbonyl (C=O) groups is 1. The van der Waals surface area contributed by atoms with Crippen LogP contribution >= 0.6 is 0 Å². The van der Waals surface area contributed by atoms with Crippen molar-refractivity contribution in [2.24, 2.45) is 0 Å². The lowest BCUT2D eigenvalue weighted by Crippen LogP contribution is -2.41. The molecule has 1 amide bonds. The fourth-order valence-corrected chi connectivity index (χ4v) is 2.67. The first-order valence-corrected chi connectivity index (χ1v) is 7.25. The summed E-state index contributed by atoms with van der Waals surface area (Å²) in [5, 5.41) is 3.61. The Labute approximate surface area is 121 Å². The third kappa shape index (κ3) is 3.38. The van der Waals surface area contributed by atoms with E-state index in [4.69, 9.17) is 0 Å². The van der Waals surface area contributed by atoms with Crippen molar-refractivity contribution < 1.29 is 4.79 Å². The second-order valence-electron chi connectivity index (χ2n) is 5.93. The Hall–Kier alpha value is -1.39. The van der Waals surface area contributed by atoms with Gasteiger partial charge in [0.15, 0.2) is 0 Å². The second-order valence-corrected chi connectivity index (χ2v) is 5.93. The summed E-state index contributed by atoms with van der Waals surface area (Å²) in [5.74, 6) is 0.181. The minimum Gasteiger partial charge on any atom is -0.315 e. The fourth-order valence-electron chi connectivity index (χ4n) is 2.67. The van der Waals surface area contributed by atoms with Crippen molar-refractivity contribution in [3.8, 4) is 0 Å². The van der Waals surface area contributed by atoms with Gasteiger partial charge in [-0.1, -0.05) is 18.2 Å². The van der Waals surface area contributed by atoms with Crippen molar-refractivity contribution in [3.63, 3.8) is 0 Å². The third-order valence-electron chi connectivity index (χ3n) is 3.92. The van der Waals surface area contributed by atoms with Gasteiger partial charge < -0.3 is 15.1 Å². The molecule has 0 spiro atoms. The van der Waals surface area contributed by atoms with Crippen molar-refractivity contribution >= 4 is 11.6 Å². The molecular weight excluding hydrogens is 250 g/mol. The minimum absolute atomic E-state index is 0.132. The zero-order valence-corrected chi connectivity index (χ0v) is 12.9. The Bertz CT molecular complexity index is 473. The highest BCUT2D eigenvalue weighted by Gasteiger charge is 2.29. The first kappa shape index (κ1) is 15.0. The summed E-state index contributed by atoms with van der Waals surface area (Å²) in [7, 11) is 6.02. The molecule has 1 heterocycles. The van der Waals surface area contributed by atoms with E-state index in [2.05, 4.69) is 37.3 Å². The molecule has 4 heteroatoms. The molecule has 0 saturated carbocycles. The van der Waals surface area contributed by atoms with Crippen LogP contribution in [0.25, 0.3) is 0 Å². The Morgan fingerprint density at radius 1 is 1.40 bits per heavy atom. The summed E-state index contributed by atoms with van der Waals surface area (Å²) >= 11 is 0. The predicted octanol–water partition coefficient (Wildman–Crippen LogP) is 2.02. The fraction of sp³-hybridized carbons (Fsp3) is 0.562. The van der Waals surface area contributed by atoms with E-state index in [1.807, 2.05) is 25.2 Å². The molecular formula is C16H25N3O. The van der Waals surface area contributed by atoms with E-state index in [9.17, 15) is 4.79 Å². The molecule has 1 aromatic carbocycles. The van der Waals surface area contributed by atoms with Crippen LogP contribution in [-0.2, 0) is 4.79 Å². The van der Waals surface area contributed by atoms with Gasteiger partial charge in [0.2, 0.25) is 5.91 Å². The van der Waals surface area contributed by atoms with Gasteiger partial charge in [0.05, 0.1) is 0 Å². The van der Waals surface area contributed by atoms with Crippen molar-refractivity contribution in [2.45, 2.75) is 31.8 Å². The van der Waals surface area contributed by atoms with Gasteiger partial charge in [0.1, 0.15) is 0 Å². The Balaban J connectivity index is 2.09. The monoisotopic (exact) mass is 275 g/mol. The number of carbonyl (C=O) groups excluding carboxylic acids is 1. The van der Waals surface area contributed by atoms with Crippen LogP contribution in [0.4, 0.5) is 5.69 Å². The van der Waals surface area contributed by atoms with Gasteiger partial charge in [-0.15, -0.1) is 0 Å². The highest BCUT2D eigenvalue weighted by atomic mass is 16.2. The summed E-state index contributed by atoms with van der Waals surface area (Å²) in [4.78, 5) is 16.0. The molecule has 0 aliphatic carbocycles. The van der Waals surface area contributed by atoms with Gasteiger partial charge in [-0.3, -0.25) is 4.79 Å². The topological polar surface area (TPSA) is 35.6 Å². The van der Waals surface area contributed by atoms with Crippen LogP contribution in [0.3, 0.4) is 0 Å². The van der Waals surface area contributed by atoms with E-state index in [0.29, 0.717) is 12.5 Å². The molecule has 2 atom stereocenters. The summed E-state index contributed by atoms with van der Waals surface area (Å²) in [6.45, 7) is 3.24. The number of para-hydroxylation sites is 1. The second kappa shape index (κ2) is 6.37. The van der Waals surface area contributed by atoms with E-state index in [1.165, 1.54) is 5.56 Å². The van der Waals surface area contributed by atoms with E-state index < -0.39 is 0 Å². The maximum absolute atomic E-state index is 12.1. The number of hydrogen-bond donors (Lipinski definition) is 1. The first-order chi connectivity index (χ1) is 9.49. The van der Waals surface area contributed by atoms with Gasteiger partial charge in [-0.05, 0) is 45.6 Å². The first-order valence-electron chi connectivity index (χ1n) is 7.25. The molecule has 2 rings (SSSR count). The average Bonchev–Trinajstić information content (AvgIpc) is 2.42. The SMILES string of the molecule is CC(CCN(C)C)NC1CC(=O)N(C)c2ccccc21. The van der Waals surface area contributed by atoms with Crippen LogP contribution < -0.4 is 10.2 Å². The van der Waals surface area contributed by atoms with Crippen LogP contribution in [0.5, 0.6) is 0 Å². The Kier molecular flexibility index (Phi) is 4.78. The molecule has 0 saturated heterocycles. The van der Waals surface area contributed by atoms with Crippen molar-refractivity contribution in [1.82, 2.24) is 10.2 Å². The number of hydrogen-bond acceptors (Lipinski definition) is 3. The molecule has 1 N–H and O–H groups in total. The number of anilines is 1. The Morgan fingerprint density at radius 2 is 2.10 bits per heavy atom. The summed E-state index contributed by atoms with van der Waals surface area (Å²) in [5.41, 5.74) is 2.26. The number of rotatable bonds is 5. The molecule has 1 aliphatic heterocycles.